The topological polar surface area (TPSA) is 97.5 Å². The molecule has 3 unspecified atom stereocenters. The molecule has 1 aromatic heterocycles. The monoisotopic (exact) mass is 673 g/mol. The third-order valence-electron chi connectivity index (χ3n) is 9.85. The van der Waals surface area contributed by atoms with Crippen molar-refractivity contribution in [2.45, 2.75) is 77.7 Å². The number of anilines is 2. The molecule has 1 aliphatic carbocycles. The SMILES string of the molecule is CC1CN(c2cc(F)c(-c3ccc(C(=O)NC4CCCCC4(C)C)c(F)c3)cc2NC(=O)c2c[nH]c(=O)cc2C(F)(F)F)CC(C)N1C. The van der Waals surface area contributed by atoms with Crippen LogP contribution in [0.3, 0.4) is 0 Å². The Morgan fingerprint density at radius 3 is 2.25 bits per heavy atom. The number of carbonyl (C=O) groups excluding carboxylic acids is 2. The van der Waals surface area contributed by atoms with Crippen LogP contribution in [0.5, 0.6) is 0 Å². The van der Waals surface area contributed by atoms with Gasteiger partial charge in [0.15, 0.2) is 0 Å². The zero-order valence-corrected chi connectivity index (χ0v) is 27.5. The van der Waals surface area contributed by atoms with E-state index < -0.39 is 46.3 Å². The highest BCUT2D eigenvalue weighted by Gasteiger charge is 2.37. The van der Waals surface area contributed by atoms with E-state index >= 15 is 8.78 Å². The number of carbonyl (C=O) groups is 2. The first kappa shape index (κ1) is 35.1. The summed E-state index contributed by atoms with van der Waals surface area (Å²) < 4.78 is 72.8. The van der Waals surface area contributed by atoms with Gasteiger partial charge in [0.2, 0.25) is 5.56 Å². The quantitative estimate of drug-likeness (QED) is 0.250. The highest BCUT2D eigenvalue weighted by Crippen LogP contribution is 2.38. The minimum Gasteiger partial charge on any atom is -0.367 e. The zero-order chi connectivity index (χ0) is 35.1. The van der Waals surface area contributed by atoms with Crippen LogP contribution in [0.25, 0.3) is 11.1 Å². The van der Waals surface area contributed by atoms with Crippen molar-refractivity contribution in [3.05, 3.63) is 81.3 Å². The average Bonchev–Trinajstić information content (AvgIpc) is 3.00. The van der Waals surface area contributed by atoms with Gasteiger partial charge >= 0.3 is 6.18 Å². The Bertz CT molecular complexity index is 1760. The maximum atomic E-state index is 15.9. The molecule has 0 radical (unpaired) electrons. The van der Waals surface area contributed by atoms with Gasteiger partial charge in [-0.1, -0.05) is 32.8 Å². The van der Waals surface area contributed by atoms with Gasteiger partial charge in [0.05, 0.1) is 28.1 Å². The number of rotatable bonds is 6. The van der Waals surface area contributed by atoms with Crippen molar-refractivity contribution in [1.82, 2.24) is 15.2 Å². The molecule has 2 heterocycles. The molecule has 0 bridgehead atoms. The third-order valence-corrected chi connectivity index (χ3v) is 9.85. The third kappa shape index (κ3) is 7.25. The van der Waals surface area contributed by atoms with Gasteiger partial charge in [-0.2, -0.15) is 13.2 Å². The van der Waals surface area contributed by atoms with Crippen molar-refractivity contribution in [2.75, 3.05) is 30.4 Å². The summed E-state index contributed by atoms with van der Waals surface area (Å²) >= 11 is 0. The summed E-state index contributed by atoms with van der Waals surface area (Å²) in [5, 5.41) is 5.43. The van der Waals surface area contributed by atoms with Gasteiger partial charge in [0.25, 0.3) is 11.8 Å². The van der Waals surface area contributed by atoms with Gasteiger partial charge in [-0.05, 0) is 69.0 Å². The van der Waals surface area contributed by atoms with E-state index in [1.165, 1.54) is 18.2 Å². The molecule has 8 nitrogen and oxygen atoms in total. The lowest BCUT2D eigenvalue weighted by molar-refractivity contribution is -0.138. The Kier molecular flexibility index (Phi) is 9.74. The number of hydrogen-bond donors (Lipinski definition) is 3. The van der Waals surface area contributed by atoms with Crippen LogP contribution in [-0.4, -0.2) is 60.0 Å². The van der Waals surface area contributed by atoms with Crippen LogP contribution in [0.1, 0.15) is 79.7 Å². The van der Waals surface area contributed by atoms with Gasteiger partial charge in [-0.25, -0.2) is 8.78 Å². The van der Waals surface area contributed by atoms with Crippen LogP contribution in [-0.2, 0) is 6.18 Å². The number of benzene rings is 2. The summed E-state index contributed by atoms with van der Waals surface area (Å²) in [5.74, 6) is -3.40. The molecular formula is C35H40F5N5O3. The summed E-state index contributed by atoms with van der Waals surface area (Å²) in [5.41, 5.74) is -3.52. The number of nitrogens with one attached hydrogen (secondary N) is 3. The molecule has 3 N–H and O–H groups in total. The Hall–Kier alpha value is -4.26. The number of likely N-dealkylation sites (N-methyl/N-ethyl adjacent to an activating group) is 1. The Morgan fingerprint density at radius 1 is 0.938 bits per heavy atom. The molecule has 2 aliphatic rings. The fraction of sp³-hybridized carbons (Fsp3) is 0.457. The molecule has 1 saturated carbocycles. The number of nitrogens with zero attached hydrogens (tertiary/aromatic N) is 2. The minimum atomic E-state index is -5.00. The number of H-pyrrole nitrogens is 1. The van der Waals surface area contributed by atoms with Gasteiger partial charge in [-0.3, -0.25) is 19.3 Å². The molecule has 1 aliphatic heterocycles. The number of hydrogen-bond acceptors (Lipinski definition) is 5. The molecule has 3 atom stereocenters. The maximum absolute atomic E-state index is 15.9. The van der Waals surface area contributed by atoms with Crippen molar-refractivity contribution in [3.8, 4) is 11.1 Å². The van der Waals surface area contributed by atoms with Crippen molar-refractivity contribution in [2.24, 2.45) is 5.41 Å². The molecule has 5 rings (SSSR count). The van der Waals surface area contributed by atoms with Crippen LogP contribution < -0.4 is 21.1 Å². The first-order valence-electron chi connectivity index (χ1n) is 16.0. The molecule has 0 spiro atoms. The highest BCUT2D eigenvalue weighted by atomic mass is 19.4. The lowest BCUT2D eigenvalue weighted by Crippen LogP contribution is -2.55. The fourth-order valence-electron chi connectivity index (χ4n) is 6.69. The van der Waals surface area contributed by atoms with E-state index in [0.717, 1.165) is 37.8 Å². The molecule has 13 heteroatoms. The largest absolute Gasteiger partial charge is 0.417 e. The Labute approximate surface area is 275 Å². The van der Waals surface area contributed by atoms with Crippen LogP contribution in [0.2, 0.25) is 0 Å². The van der Waals surface area contributed by atoms with Crippen LogP contribution >= 0.6 is 0 Å². The summed E-state index contributed by atoms with van der Waals surface area (Å²) in [6.07, 6.45) is -0.610. The van der Waals surface area contributed by atoms with Crippen LogP contribution in [0.15, 0.2) is 47.4 Å². The second kappa shape index (κ2) is 13.3. The number of alkyl halides is 3. The number of aromatic amines is 1. The van der Waals surface area contributed by atoms with Crippen LogP contribution in [0.4, 0.5) is 33.3 Å². The molecule has 1 saturated heterocycles. The standard InChI is InChI=1S/C35H40F5N5O3/c1-19-17-45(18-20(2)44(19)5)29-15-27(37)23(13-28(29)42-33(48)24-16-41-31(46)14-25(24)35(38,39)40)21-9-10-22(26(36)12-21)32(47)43-30-8-6-7-11-34(30,3)4/h9-10,12-16,19-20,30H,6-8,11,17-18H2,1-5H3,(H,41,46)(H,42,48)(H,43,47). The number of aromatic nitrogens is 1. The lowest BCUT2D eigenvalue weighted by atomic mass is 9.73. The van der Waals surface area contributed by atoms with E-state index in [-0.39, 0.29) is 51.6 Å². The number of halogens is 5. The van der Waals surface area contributed by atoms with E-state index in [2.05, 4.69) is 34.4 Å². The molecule has 258 valence electrons. The predicted molar refractivity (Wildman–Crippen MR) is 174 cm³/mol. The smallest absolute Gasteiger partial charge is 0.367 e. The molecule has 48 heavy (non-hydrogen) atoms. The van der Waals surface area contributed by atoms with Crippen LogP contribution in [0, 0.1) is 17.0 Å². The first-order valence-corrected chi connectivity index (χ1v) is 16.0. The van der Waals surface area contributed by atoms with E-state index in [9.17, 15) is 27.6 Å². The summed E-state index contributed by atoms with van der Waals surface area (Å²) in [6.45, 7) is 8.90. The summed E-state index contributed by atoms with van der Waals surface area (Å²) in [4.78, 5) is 44.2. The number of piperazine rings is 1. The normalized spacial score (nSPS) is 21.5. The average molecular weight is 674 g/mol. The van der Waals surface area contributed by atoms with Crippen molar-refractivity contribution in [1.29, 1.82) is 0 Å². The Balaban J connectivity index is 1.52. The van der Waals surface area contributed by atoms with Crippen molar-refractivity contribution < 1.29 is 31.5 Å². The van der Waals surface area contributed by atoms with E-state index in [1.54, 1.807) is 0 Å². The van der Waals surface area contributed by atoms with E-state index in [1.807, 2.05) is 25.8 Å². The zero-order valence-electron chi connectivity index (χ0n) is 27.5. The molecular weight excluding hydrogens is 633 g/mol. The summed E-state index contributed by atoms with van der Waals surface area (Å²) in [6, 6.07) is 6.28. The number of amides is 2. The molecule has 2 fully saturated rings. The van der Waals surface area contributed by atoms with Gasteiger partial charge in [0.1, 0.15) is 11.6 Å². The molecule has 3 aromatic rings. The maximum Gasteiger partial charge on any atom is 0.417 e. The first-order chi connectivity index (χ1) is 22.5. The second-order valence-electron chi connectivity index (χ2n) is 13.6. The van der Waals surface area contributed by atoms with Crippen molar-refractivity contribution in [3.63, 3.8) is 0 Å². The second-order valence-corrected chi connectivity index (χ2v) is 13.6. The Morgan fingerprint density at radius 2 is 1.62 bits per heavy atom. The predicted octanol–water partition coefficient (Wildman–Crippen LogP) is 6.82. The van der Waals surface area contributed by atoms with Gasteiger partial charge in [0, 0.05) is 49.0 Å². The van der Waals surface area contributed by atoms with Crippen molar-refractivity contribution >= 4 is 23.2 Å². The van der Waals surface area contributed by atoms with E-state index in [0.29, 0.717) is 25.4 Å². The minimum absolute atomic E-state index is 0.0126. The molecule has 2 amide bonds. The lowest BCUT2D eigenvalue weighted by Gasteiger charge is -2.44. The summed E-state index contributed by atoms with van der Waals surface area (Å²) in [7, 11) is 1.95. The molecule has 2 aromatic carbocycles. The fourth-order valence-corrected chi connectivity index (χ4v) is 6.69. The van der Waals surface area contributed by atoms with Gasteiger partial charge in [-0.15, -0.1) is 0 Å². The number of pyridine rings is 1. The van der Waals surface area contributed by atoms with E-state index in [4.69, 9.17) is 0 Å². The van der Waals surface area contributed by atoms with Gasteiger partial charge < -0.3 is 20.5 Å². The highest BCUT2D eigenvalue weighted by molar-refractivity contribution is 6.07.